The Bertz CT molecular complexity index is 374. The summed E-state index contributed by atoms with van der Waals surface area (Å²) in [5.41, 5.74) is 1.05. The summed E-state index contributed by atoms with van der Waals surface area (Å²) in [6.07, 6.45) is 2.54. The highest BCUT2D eigenvalue weighted by Crippen LogP contribution is 2.21. The van der Waals surface area contributed by atoms with Crippen LogP contribution in [0.5, 0.6) is 0 Å². The minimum Gasteiger partial charge on any atom is -0.385 e. The Labute approximate surface area is 115 Å². The van der Waals surface area contributed by atoms with E-state index in [0.29, 0.717) is 6.61 Å². The van der Waals surface area contributed by atoms with Gasteiger partial charge in [0.2, 0.25) is 0 Å². The molecule has 108 valence electrons. The summed E-state index contributed by atoms with van der Waals surface area (Å²) in [5.74, 6) is 1.81. The van der Waals surface area contributed by atoms with Crippen molar-refractivity contribution in [1.29, 1.82) is 0 Å². The summed E-state index contributed by atoms with van der Waals surface area (Å²) in [4.78, 5) is 10.8. The molecule has 0 aliphatic carbocycles. The summed E-state index contributed by atoms with van der Waals surface area (Å²) in [7, 11) is 5.29. The van der Waals surface area contributed by atoms with E-state index in [-0.39, 0.29) is 0 Å². The van der Waals surface area contributed by atoms with E-state index in [1.54, 1.807) is 20.5 Å². The molecule has 1 aromatic rings. The molecule has 1 heterocycles. The third-order valence-corrected chi connectivity index (χ3v) is 2.94. The number of rotatable bonds is 9. The van der Waals surface area contributed by atoms with Crippen LogP contribution in [0.4, 0.5) is 11.6 Å². The molecule has 0 saturated heterocycles. The van der Waals surface area contributed by atoms with Gasteiger partial charge in [-0.25, -0.2) is 9.97 Å². The molecule has 0 fully saturated rings. The molecule has 19 heavy (non-hydrogen) atoms. The van der Waals surface area contributed by atoms with Crippen LogP contribution in [0.25, 0.3) is 0 Å². The molecule has 1 aromatic heterocycles. The third kappa shape index (κ3) is 4.65. The number of methoxy groups -OCH3 is 2. The highest BCUT2D eigenvalue weighted by Gasteiger charge is 2.13. The number of aromatic nitrogens is 2. The van der Waals surface area contributed by atoms with Gasteiger partial charge < -0.3 is 19.7 Å². The van der Waals surface area contributed by atoms with E-state index in [9.17, 15) is 0 Å². The van der Waals surface area contributed by atoms with Gasteiger partial charge in [0.1, 0.15) is 18.0 Å². The second kappa shape index (κ2) is 8.66. The van der Waals surface area contributed by atoms with Crippen LogP contribution in [-0.4, -0.2) is 57.5 Å². The Kier molecular flexibility index (Phi) is 7.14. The van der Waals surface area contributed by atoms with Crippen LogP contribution in [0.1, 0.15) is 12.0 Å². The summed E-state index contributed by atoms with van der Waals surface area (Å²) >= 11 is 0. The van der Waals surface area contributed by atoms with Crippen molar-refractivity contribution in [3.05, 3.63) is 11.9 Å². The molecular weight excluding hydrogens is 244 g/mol. The first-order valence-corrected chi connectivity index (χ1v) is 6.46. The Morgan fingerprint density at radius 1 is 1.16 bits per heavy atom. The average Bonchev–Trinajstić information content (AvgIpc) is 2.43. The van der Waals surface area contributed by atoms with Crippen LogP contribution in [0.3, 0.4) is 0 Å². The Morgan fingerprint density at radius 2 is 1.89 bits per heavy atom. The molecule has 0 aliphatic heterocycles. The highest BCUT2D eigenvalue weighted by atomic mass is 16.5. The molecular formula is C13H24N4O2. The van der Waals surface area contributed by atoms with Gasteiger partial charge in [-0.15, -0.1) is 0 Å². The number of nitrogens with one attached hydrogen (secondary N) is 1. The van der Waals surface area contributed by atoms with Gasteiger partial charge in [0, 0.05) is 46.5 Å². The lowest BCUT2D eigenvalue weighted by Crippen LogP contribution is -2.30. The fraction of sp³-hybridized carbons (Fsp3) is 0.692. The molecule has 0 radical (unpaired) electrons. The number of ether oxygens (including phenoxy) is 2. The number of nitrogens with zero attached hydrogens (tertiary/aromatic N) is 3. The fourth-order valence-electron chi connectivity index (χ4n) is 1.94. The van der Waals surface area contributed by atoms with Crippen molar-refractivity contribution >= 4 is 11.6 Å². The quantitative estimate of drug-likeness (QED) is 0.682. The minimum absolute atomic E-state index is 0.672. The van der Waals surface area contributed by atoms with Gasteiger partial charge >= 0.3 is 0 Å². The van der Waals surface area contributed by atoms with E-state index in [2.05, 4.69) is 20.2 Å². The highest BCUT2D eigenvalue weighted by molar-refractivity contribution is 5.57. The summed E-state index contributed by atoms with van der Waals surface area (Å²) in [6, 6.07) is 0. The standard InChI is InChI=1S/C13H24N4O2/c1-11-12(14-2)15-10-16-13(11)17(7-9-19-4)6-5-8-18-3/h10H,5-9H2,1-4H3,(H,14,15,16). The maximum Gasteiger partial charge on any atom is 0.137 e. The second-order valence-corrected chi connectivity index (χ2v) is 4.25. The van der Waals surface area contributed by atoms with Crippen molar-refractivity contribution in [2.24, 2.45) is 0 Å². The maximum absolute atomic E-state index is 5.16. The molecule has 0 aliphatic rings. The van der Waals surface area contributed by atoms with Gasteiger partial charge in [-0.3, -0.25) is 0 Å². The molecule has 0 bridgehead atoms. The topological polar surface area (TPSA) is 59.5 Å². The van der Waals surface area contributed by atoms with E-state index < -0.39 is 0 Å². The van der Waals surface area contributed by atoms with Crippen LogP contribution in [0, 0.1) is 6.92 Å². The normalized spacial score (nSPS) is 10.5. The first-order valence-electron chi connectivity index (χ1n) is 6.46. The number of hydrogen-bond acceptors (Lipinski definition) is 6. The van der Waals surface area contributed by atoms with E-state index in [1.807, 2.05) is 14.0 Å². The van der Waals surface area contributed by atoms with Gasteiger partial charge in [0.05, 0.1) is 6.61 Å². The molecule has 6 nitrogen and oxygen atoms in total. The third-order valence-electron chi connectivity index (χ3n) is 2.94. The van der Waals surface area contributed by atoms with E-state index in [4.69, 9.17) is 9.47 Å². The lowest BCUT2D eigenvalue weighted by molar-refractivity contribution is 0.191. The Balaban J connectivity index is 2.82. The lowest BCUT2D eigenvalue weighted by atomic mass is 10.2. The van der Waals surface area contributed by atoms with Crippen molar-refractivity contribution in [2.75, 3.05) is 57.8 Å². The van der Waals surface area contributed by atoms with Crippen molar-refractivity contribution in [3.8, 4) is 0 Å². The van der Waals surface area contributed by atoms with E-state index >= 15 is 0 Å². The first-order chi connectivity index (χ1) is 9.24. The zero-order valence-corrected chi connectivity index (χ0v) is 12.3. The molecule has 0 atom stereocenters. The molecule has 0 unspecified atom stereocenters. The smallest absolute Gasteiger partial charge is 0.137 e. The summed E-state index contributed by atoms with van der Waals surface area (Å²) in [5, 5.41) is 3.08. The molecule has 0 spiro atoms. The largest absolute Gasteiger partial charge is 0.385 e. The van der Waals surface area contributed by atoms with E-state index in [0.717, 1.165) is 43.3 Å². The monoisotopic (exact) mass is 268 g/mol. The van der Waals surface area contributed by atoms with Crippen molar-refractivity contribution < 1.29 is 9.47 Å². The molecule has 0 aromatic carbocycles. The van der Waals surface area contributed by atoms with Crippen molar-refractivity contribution in [1.82, 2.24) is 9.97 Å². The van der Waals surface area contributed by atoms with Crippen molar-refractivity contribution in [3.63, 3.8) is 0 Å². The van der Waals surface area contributed by atoms with Crippen LogP contribution in [-0.2, 0) is 9.47 Å². The summed E-state index contributed by atoms with van der Waals surface area (Å²) < 4.78 is 10.3. The second-order valence-electron chi connectivity index (χ2n) is 4.25. The first kappa shape index (κ1) is 15.7. The van der Waals surface area contributed by atoms with E-state index in [1.165, 1.54) is 0 Å². The van der Waals surface area contributed by atoms with Crippen LogP contribution in [0.15, 0.2) is 6.33 Å². The van der Waals surface area contributed by atoms with Crippen LogP contribution < -0.4 is 10.2 Å². The average molecular weight is 268 g/mol. The number of hydrogen-bond donors (Lipinski definition) is 1. The Morgan fingerprint density at radius 3 is 2.53 bits per heavy atom. The van der Waals surface area contributed by atoms with Crippen molar-refractivity contribution in [2.45, 2.75) is 13.3 Å². The van der Waals surface area contributed by atoms with Gasteiger partial charge in [0.15, 0.2) is 0 Å². The van der Waals surface area contributed by atoms with Gasteiger partial charge in [-0.1, -0.05) is 0 Å². The van der Waals surface area contributed by atoms with Gasteiger partial charge in [-0.2, -0.15) is 0 Å². The maximum atomic E-state index is 5.16. The zero-order valence-electron chi connectivity index (χ0n) is 12.3. The fourth-order valence-corrected chi connectivity index (χ4v) is 1.94. The van der Waals surface area contributed by atoms with Crippen LogP contribution >= 0.6 is 0 Å². The molecule has 1 N–H and O–H groups in total. The summed E-state index contributed by atoms with van der Waals surface area (Å²) in [6.45, 7) is 5.13. The van der Waals surface area contributed by atoms with Gasteiger partial charge in [-0.05, 0) is 13.3 Å². The predicted molar refractivity (Wildman–Crippen MR) is 76.9 cm³/mol. The predicted octanol–water partition coefficient (Wildman–Crippen LogP) is 1.32. The molecule has 0 saturated carbocycles. The molecule has 0 amide bonds. The molecule has 1 rings (SSSR count). The number of anilines is 2. The lowest BCUT2D eigenvalue weighted by Gasteiger charge is -2.25. The Hall–Kier alpha value is -1.40. The minimum atomic E-state index is 0.672. The zero-order chi connectivity index (χ0) is 14.1. The van der Waals surface area contributed by atoms with Crippen LogP contribution in [0.2, 0.25) is 0 Å². The SMILES string of the molecule is CNc1ncnc(N(CCCOC)CCOC)c1C. The van der Waals surface area contributed by atoms with Gasteiger partial charge in [0.25, 0.3) is 0 Å². The molecule has 6 heteroatoms.